The predicted octanol–water partition coefficient (Wildman–Crippen LogP) is 5.30. The van der Waals surface area contributed by atoms with E-state index in [9.17, 15) is 9.59 Å². The average Bonchev–Trinajstić information content (AvgIpc) is 3.33. The fourth-order valence-electron chi connectivity index (χ4n) is 2.54. The van der Waals surface area contributed by atoms with Crippen molar-refractivity contribution in [3.05, 3.63) is 57.6 Å². The first-order valence-electron chi connectivity index (χ1n) is 8.50. The van der Waals surface area contributed by atoms with Crippen LogP contribution >= 0.6 is 22.7 Å². The molecule has 0 spiro atoms. The number of thiophene rings is 2. The zero-order chi connectivity index (χ0) is 19.2. The number of carbonyl (C=O) groups excluding carboxylic acids is 2. The van der Waals surface area contributed by atoms with Crippen LogP contribution in [0.3, 0.4) is 0 Å². The third-order valence-electron chi connectivity index (χ3n) is 3.72. The van der Waals surface area contributed by atoms with Gasteiger partial charge in [0.05, 0.1) is 18.1 Å². The van der Waals surface area contributed by atoms with Crippen LogP contribution in [0, 0.1) is 0 Å². The molecule has 0 unspecified atom stereocenters. The van der Waals surface area contributed by atoms with Gasteiger partial charge in [-0.2, -0.15) is 0 Å². The van der Waals surface area contributed by atoms with Crippen molar-refractivity contribution in [3.63, 3.8) is 0 Å². The molecular weight excluding hydrogens is 382 g/mol. The van der Waals surface area contributed by atoms with Crippen LogP contribution in [0.15, 0.2) is 47.2 Å². The van der Waals surface area contributed by atoms with Gasteiger partial charge in [-0.3, -0.25) is 4.79 Å². The monoisotopic (exact) mass is 401 g/mol. The first kappa shape index (κ1) is 19.1. The quantitative estimate of drug-likeness (QED) is 0.545. The van der Waals surface area contributed by atoms with Crippen LogP contribution in [0.1, 0.15) is 33.9 Å². The van der Waals surface area contributed by atoms with E-state index in [4.69, 9.17) is 9.47 Å². The summed E-state index contributed by atoms with van der Waals surface area (Å²) >= 11 is 2.65. The number of rotatable bonds is 7. The van der Waals surface area contributed by atoms with Crippen LogP contribution in [-0.4, -0.2) is 25.1 Å². The SMILES string of the molecule is CCOC(=O)c1c(-c2ccc(OCC)cc2)csc1NC(=O)c1cccs1. The Morgan fingerprint density at radius 3 is 2.44 bits per heavy atom. The Morgan fingerprint density at radius 2 is 1.81 bits per heavy atom. The number of nitrogens with one attached hydrogen (secondary N) is 1. The minimum atomic E-state index is -0.455. The molecule has 1 N–H and O–H groups in total. The second kappa shape index (κ2) is 8.83. The van der Waals surface area contributed by atoms with E-state index in [-0.39, 0.29) is 12.5 Å². The molecule has 2 aromatic heterocycles. The maximum atomic E-state index is 12.6. The third kappa shape index (κ3) is 4.37. The number of hydrogen-bond acceptors (Lipinski definition) is 6. The van der Waals surface area contributed by atoms with Crippen LogP contribution in [0.4, 0.5) is 5.00 Å². The maximum Gasteiger partial charge on any atom is 0.341 e. The normalized spacial score (nSPS) is 10.4. The van der Waals surface area contributed by atoms with Gasteiger partial charge in [-0.1, -0.05) is 18.2 Å². The molecule has 1 aromatic carbocycles. The fraction of sp³-hybridized carbons (Fsp3) is 0.200. The van der Waals surface area contributed by atoms with Gasteiger partial charge in [-0.05, 0) is 43.0 Å². The van der Waals surface area contributed by atoms with Crippen molar-refractivity contribution in [2.24, 2.45) is 0 Å². The molecule has 0 atom stereocenters. The minimum absolute atomic E-state index is 0.240. The molecule has 5 nitrogen and oxygen atoms in total. The topological polar surface area (TPSA) is 64.6 Å². The molecule has 0 saturated carbocycles. The summed E-state index contributed by atoms with van der Waals surface area (Å²) in [7, 11) is 0. The molecule has 0 radical (unpaired) electrons. The molecule has 3 rings (SSSR count). The first-order valence-corrected chi connectivity index (χ1v) is 10.3. The first-order chi connectivity index (χ1) is 13.1. The summed E-state index contributed by atoms with van der Waals surface area (Å²) in [5.41, 5.74) is 1.95. The maximum absolute atomic E-state index is 12.6. The van der Waals surface area contributed by atoms with Crippen molar-refractivity contribution in [3.8, 4) is 16.9 Å². The van der Waals surface area contributed by atoms with E-state index in [1.165, 1.54) is 22.7 Å². The Kier molecular flexibility index (Phi) is 6.26. The molecule has 1 amide bonds. The second-order valence-corrected chi connectivity index (χ2v) is 7.29. The fourth-order valence-corrected chi connectivity index (χ4v) is 4.11. The van der Waals surface area contributed by atoms with E-state index >= 15 is 0 Å². The van der Waals surface area contributed by atoms with Gasteiger partial charge in [0, 0.05) is 10.9 Å². The molecule has 27 heavy (non-hydrogen) atoms. The van der Waals surface area contributed by atoms with Gasteiger partial charge in [0.1, 0.15) is 16.3 Å². The molecule has 3 aromatic rings. The highest BCUT2D eigenvalue weighted by Crippen LogP contribution is 2.37. The van der Waals surface area contributed by atoms with E-state index in [0.717, 1.165) is 16.9 Å². The highest BCUT2D eigenvalue weighted by atomic mass is 32.1. The van der Waals surface area contributed by atoms with E-state index in [1.807, 2.05) is 48.0 Å². The van der Waals surface area contributed by atoms with E-state index < -0.39 is 5.97 Å². The zero-order valence-corrected chi connectivity index (χ0v) is 16.6. The average molecular weight is 402 g/mol. The second-order valence-electron chi connectivity index (χ2n) is 5.46. The highest BCUT2D eigenvalue weighted by Gasteiger charge is 2.23. The lowest BCUT2D eigenvalue weighted by Gasteiger charge is -2.09. The summed E-state index contributed by atoms with van der Waals surface area (Å²) in [6, 6.07) is 11.0. The molecule has 0 saturated heterocycles. The van der Waals surface area contributed by atoms with E-state index in [0.29, 0.717) is 22.0 Å². The molecule has 0 fully saturated rings. The van der Waals surface area contributed by atoms with Crippen molar-refractivity contribution in [1.82, 2.24) is 0 Å². The summed E-state index contributed by atoms with van der Waals surface area (Å²) in [5.74, 6) is 0.0696. The van der Waals surface area contributed by atoms with Gasteiger partial charge in [0.25, 0.3) is 5.91 Å². The van der Waals surface area contributed by atoms with Gasteiger partial charge in [-0.15, -0.1) is 22.7 Å². The van der Waals surface area contributed by atoms with Crippen molar-refractivity contribution in [2.75, 3.05) is 18.5 Å². The summed E-state index contributed by atoms with van der Waals surface area (Å²) < 4.78 is 10.7. The number of hydrogen-bond donors (Lipinski definition) is 1. The molecule has 7 heteroatoms. The summed E-state index contributed by atoms with van der Waals surface area (Å²) in [5, 5.41) is 7.01. The smallest absolute Gasteiger partial charge is 0.341 e. The van der Waals surface area contributed by atoms with Crippen LogP contribution in [0.2, 0.25) is 0 Å². The summed E-state index contributed by atoms with van der Waals surface area (Å²) in [6.45, 7) is 4.53. The van der Waals surface area contributed by atoms with Crippen LogP contribution < -0.4 is 10.1 Å². The number of esters is 1. The third-order valence-corrected chi connectivity index (χ3v) is 5.48. The van der Waals surface area contributed by atoms with E-state index in [2.05, 4.69) is 5.32 Å². The number of benzene rings is 1. The highest BCUT2D eigenvalue weighted by molar-refractivity contribution is 7.15. The Hall–Kier alpha value is -2.64. The molecule has 2 heterocycles. The molecule has 0 aliphatic heterocycles. The van der Waals surface area contributed by atoms with Crippen molar-refractivity contribution >= 4 is 39.6 Å². The Labute approximate surface area is 165 Å². The standard InChI is InChI=1S/C20H19NO4S2/c1-3-24-14-9-7-13(8-10-14)15-12-27-19(17(15)20(23)25-4-2)21-18(22)16-6-5-11-26-16/h5-12H,3-4H2,1-2H3,(H,21,22). The number of ether oxygens (including phenoxy) is 2. The van der Waals surface area contributed by atoms with Gasteiger partial charge in [0.2, 0.25) is 0 Å². The van der Waals surface area contributed by atoms with Crippen LogP contribution in [-0.2, 0) is 4.74 Å². The Morgan fingerprint density at radius 1 is 1.04 bits per heavy atom. The van der Waals surface area contributed by atoms with Gasteiger partial charge < -0.3 is 14.8 Å². The largest absolute Gasteiger partial charge is 0.494 e. The molecule has 140 valence electrons. The lowest BCUT2D eigenvalue weighted by molar-refractivity contribution is 0.0529. The van der Waals surface area contributed by atoms with Crippen molar-refractivity contribution in [1.29, 1.82) is 0 Å². The van der Waals surface area contributed by atoms with Gasteiger partial charge in [-0.25, -0.2) is 4.79 Å². The van der Waals surface area contributed by atoms with Crippen molar-refractivity contribution in [2.45, 2.75) is 13.8 Å². The Balaban J connectivity index is 1.95. The number of carbonyl (C=O) groups is 2. The lowest BCUT2D eigenvalue weighted by Crippen LogP contribution is -2.13. The predicted molar refractivity (Wildman–Crippen MR) is 109 cm³/mol. The molecular formula is C20H19NO4S2. The van der Waals surface area contributed by atoms with Crippen molar-refractivity contribution < 1.29 is 19.1 Å². The summed E-state index contributed by atoms with van der Waals surface area (Å²) in [6.07, 6.45) is 0. The molecule has 0 bridgehead atoms. The van der Waals surface area contributed by atoms with Crippen LogP contribution in [0.5, 0.6) is 5.75 Å². The number of anilines is 1. The van der Waals surface area contributed by atoms with Gasteiger partial charge >= 0.3 is 5.97 Å². The number of amides is 1. The lowest BCUT2D eigenvalue weighted by atomic mass is 10.0. The minimum Gasteiger partial charge on any atom is -0.494 e. The molecule has 0 aliphatic rings. The zero-order valence-electron chi connectivity index (χ0n) is 15.0. The van der Waals surface area contributed by atoms with Crippen LogP contribution in [0.25, 0.3) is 11.1 Å². The van der Waals surface area contributed by atoms with E-state index in [1.54, 1.807) is 13.0 Å². The summed E-state index contributed by atoms with van der Waals surface area (Å²) in [4.78, 5) is 25.6. The Bertz CT molecular complexity index is 914. The van der Waals surface area contributed by atoms with Gasteiger partial charge in [0.15, 0.2) is 0 Å². The molecule has 0 aliphatic carbocycles.